The van der Waals surface area contributed by atoms with Gasteiger partial charge in [-0.1, -0.05) is 50.2 Å². The van der Waals surface area contributed by atoms with Crippen molar-refractivity contribution >= 4 is 15.8 Å². The molecule has 0 aromatic heterocycles. The van der Waals surface area contributed by atoms with Crippen LogP contribution in [0, 0.1) is 0 Å². The van der Waals surface area contributed by atoms with Gasteiger partial charge in [-0.3, -0.25) is 4.99 Å². The highest BCUT2D eigenvalue weighted by atomic mass is 32.2. The van der Waals surface area contributed by atoms with Gasteiger partial charge in [0.05, 0.1) is 4.90 Å². The Morgan fingerprint density at radius 2 is 1.77 bits per heavy atom. The number of rotatable bonds is 8. The molecule has 6 heteroatoms. The van der Waals surface area contributed by atoms with E-state index < -0.39 is 9.84 Å². The molecule has 0 radical (unpaired) electrons. The van der Waals surface area contributed by atoms with Crippen molar-refractivity contribution in [1.82, 2.24) is 10.6 Å². The first-order valence-electron chi connectivity index (χ1n) is 10.7. The van der Waals surface area contributed by atoms with Crippen LogP contribution in [0.5, 0.6) is 0 Å². The number of benzene rings is 2. The van der Waals surface area contributed by atoms with E-state index in [-0.39, 0.29) is 0 Å². The first kappa shape index (κ1) is 22.3. The van der Waals surface area contributed by atoms with Crippen LogP contribution in [0.25, 0.3) is 0 Å². The first-order valence-corrected chi connectivity index (χ1v) is 12.6. The molecule has 2 aromatic carbocycles. The summed E-state index contributed by atoms with van der Waals surface area (Å²) in [6.07, 6.45) is 3.12. The van der Waals surface area contributed by atoms with Crippen LogP contribution in [0.4, 0.5) is 0 Å². The lowest BCUT2D eigenvalue weighted by Crippen LogP contribution is -2.39. The van der Waals surface area contributed by atoms with E-state index in [1.165, 1.54) is 17.4 Å². The number of hydrogen-bond acceptors (Lipinski definition) is 3. The summed E-state index contributed by atoms with van der Waals surface area (Å²) in [4.78, 5) is 5.05. The molecule has 2 atom stereocenters. The van der Waals surface area contributed by atoms with E-state index >= 15 is 0 Å². The van der Waals surface area contributed by atoms with Crippen molar-refractivity contribution in [2.75, 3.05) is 19.3 Å². The minimum Gasteiger partial charge on any atom is -0.357 e. The molecular formula is C24H33N3O2S. The zero-order chi connectivity index (χ0) is 21.7. The molecule has 0 heterocycles. The van der Waals surface area contributed by atoms with Gasteiger partial charge in [0, 0.05) is 31.3 Å². The van der Waals surface area contributed by atoms with E-state index in [4.69, 9.17) is 4.99 Å². The Balaban J connectivity index is 1.54. The lowest BCUT2D eigenvalue weighted by Gasteiger charge is -2.12. The monoisotopic (exact) mass is 427 g/mol. The predicted molar refractivity (Wildman–Crippen MR) is 124 cm³/mol. The van der Waals surface area contributed by atoms with Crippen LogP contribution in [0.1, 0.15) is 55.7 Å². The summed E-state index contributed by atoms with van der Waals surface area (Å²) in [6.45, 7) is 7.96. The summed E-state index contributed by atoms with van der Waals surface area (Å²) in [6, 6.07) is 16.5. The molecule has 0 saturated heterocycles. The van der Waals surface area contributed by atoms with Crippen molar-refractivity contribution in [3.05, 3.63) is 65.2 Å². The Hall–Kier alpha value is -2.34. The maximum Gasteiger partial charge on any atom is 0.191 e. The van der Waals surface area contributed by atoms with Crippen LogP contribution in [0.3, 0.4) is 0 Å². The van der Waals surface area contributed by atoms with Gasteiger partial charge in [-0.05, 0) is 54.5 Å². The Labute approximate surface area is 180 Å². The summed E-state index contributed by atoms with van der Waals surface area (Å²) < 4.78 is 23.1. The van der Waals surface area contributed by atoms with Crippen LogP contribution in [-0.2, 0) is 16.3 Å². The fourth-order valence-electron chi connectivity index (χ4n) is 3.55. The van der Waals surface area contributed by atoms with E-state index in [9.17, 15) is 8.42 Å². The molecule has 5 nitrogen and oxygen atoms in total. The van der Waals surface area contributed by atoms with Gasteiger partial charge in [0.25, 0.3) is 0 Å². The smallest absolute Gasteiger partial charge is 0.191 e. The van der Waals surface area contributed by atoms with Gasteiger partial charge in [-0.2, -0.15) is 0 Å². The van der Waals surface area contributed by atoms with Gasteiger partial charge in [0.1, 0.15) is 0 Å². The van der Waals surface area contributed by atoms with E-state index in [1.54, 1.807) is 12.1 Å². The van der Waals surface area contributed by atoms with Crippen LogP contribution < -0.4 is 10.6 Å². The fourth-order valence-corrected chi connectivity index (χ4v) is 4.18. The third-order valence-corrected chi connectivity index (χ3v) is 6.64. The van der Waals surface area contributed by atoms with E-state index in [0.717, 1.165) is 30.9 Å². The molecular weight excluding hydrogens is 394 g/mol. The van der Waals surface area contributed by atoms with Crippen molar-refractivity contribution in [3.63, 3.8) is 0 Å². The Bertz CT molecular complexity index is 965. The summed E-state index contributed by atoms with van der Waals surface area (Å²) in [5, 5.41) is 6.88. The van der Waals surface area contributed by atoms with Gasteiger partial charge in [0.15, 0.2) is 15.8 Å². The molecule has 3 rings (SSSR count). The van der Waals surface area contributed by atoms with E-state index in [0.29, 0.717) is 29.3 Å². The predicted octanol–water partition coefficient (Wildman–Crippen LogP) is 3.87. The van der Waals surface area contributed by atoms with Gasteiger partial charge in [0.2, 0.25) is 0 Å². The minimum atomic E-state index is -3.15. The SMILES string of the molecule is CCNC(=NCCc1ccc(S(C)(=O)=O)cc1)NC1CC1c1ccc(C(C)C)cc1. The average Bonchev–Trinajstić information content (AvgIpc) is 3.47. The van der Waals surface area contributed by atoms with Crippen molar-refractivity contribution in [3.8, 4) is 0 Å². The average molecular weight is 428 g/mol. The van der Waals surface area contributed by atoms with Crippen molar-refractivity contribution in [1.29, 1.82) is 0 Å². The molecule has 2 unspecified atom stereocenters. The second kappa shape index (κ2) is 9.65. The lowest BCUT2D eigenvalue weighted by molar-refractivity contribution is 0.602. The van der Waals surface area contributed by atoms with Crippen molar-refractivity contribution in [2.24, 2.45) is 4.99 Å². The highest BCUT2D eigenvalue weighted by Gasteiger charge is 2.38. The standard InChI is InChI=1S/C24H33N3O2S/c1-5-25-24(26-15-14-18-6-12-21(13-7-18)30(4,28)29)27-23-16-22(23)20-10-8-19(9-11-20)17(2)3/h6-13,17,22-23H,5,14-16H2,1-4H3,(H2,25,26,27). The Morgan fingerprint density at radius 1 is 1.10 bits per heavy atom. The number of guanidine groups is 1. The van der Waals surface area contributed by atoms with Gasteiger partial charge in [-0.25, -0.2) is 8.42 Å². The van der Waals surface area contributed by atoms with Gasteiger partial charge < -0.3 is 10.6 Å². The lowest BCUT2D eigenvalue weighted by atomic mass is 10.0. The molecule has 1 aliphatic rings. The highest BCUT2D eigenvalue weighted by molar-refractivity contribution is 7.90. The van der Waals surface area contributed by atoms with Crippen LogP contribution >= 0.6 is 0 Å². The maximum atomic E-state index is 11.6. The molecule has 162 valence electrons. The number of nitrogens with zero attached hydrogens (tertiary/aromatic N) is 1. The second-order valence-corrected chi connectivity index (χ2v) is 10.4. The molecule has 1 aliphatic carbocycles. The van der Waals surface area contributed by atoms with Crippen molar-refractivity contribution < 1.29 is 8.42 Å². The summed E-state index contributed by atoms with van der Waals surface area (Å²) >= 11 is 0. The quantitative estimate of drug-likeness (QED) is 0.496. The second-order valence-electron chi connectivity index (χ2n) is 8.34. The highest BCUT2D eigenvalue weighted by Crippen LogP contribution is 2.41. The number of aliphatic imine (C=N–C) groups is 1. The fraction of sp³-hybridized carbons (Fsp3) is 0.458. The molecule has 1 fully saturated rings. The summed E-state index contributed by atoms with van der Waals surface area (Å²) in [5.41, 5.74) is 3.85. The first-order chi connectivity index (χ1) is 14.3. The molecule has 30 heavy (non-hydrogen) atoms. The normalized spacial score (nSPS) is 19.0. The van der Waals surface area contributed by atoms with E-state index in [1.807, 2.05) is 12.1 Å². The molecule has 0 amide bonds. The minimum absolute atomic E-state index is 0.353. The molecule has 0 aliphatic heterocycles. The molecule has 0 bridgehead atoms. The Morgan fingerprint density at radius 3 is 2.33 bits per heavy atom. The van der Waals surface area contributed by atoms with Crippen LogP contribution in [0.15, 0.2) is 58.4 Å². The van der Waals surface area contributed by atoms with Gasteiger partial charge >= 0.3 is 0 Å². The summed E-state index contributed by atoms with van der Waals surface area (Å²) in [5.74, 6) is 1.94. The van der Waals surface area contributed by atoms with Crippen LogP contribution in [-0.4, -0.2) is 39.8 Å². The summed E-state index contributed by atoms with van der Waals surface area (Å²) in [7, 11) is -3.15. The largest absolute Gasteiger partial charge is 0.357 e. The molecule has 1 saturated carbocycles. The zero-order valence-electron chi connectivity index (χ0n) is 18.4. The number of nitrogens with one attached hydrogen (secondary N) is 2. The topological polar surface area (TPSA) is 70.6 Å². The zero-order valence-corrected chi connectivity index (χ0v) is 19.2. The van der Waals surface area contributed by atoms with E-state index in [2.05, 4.69) is 55.7 Å². The molecule has 2 N–H and O–H groups in total. The third-order valence-electron chi connectivity index (χ3n) is 5.51. The number of sulfone groups is 1. The molecule has 0 spiro atoms. The van der Waals surface area contributed by atoms with Crippen LogP contribution in [0.2, 0.25) is 0 Å². The van der Waals surface area contributed by atoms with Crippen molar-refractivity contribution in [2.45, 2.75) is 56.4 Å². The van der Waals surface area contributed by atoms with Gasteiger partial charge in [-0.15, -0.1) is 0 Å². The Kier molecular flexibility index (Phi) is 7.19. The third kappa shape index (κ3) is 6.08. The number of hydrogen-bond donors (Lipinski definition) is 2. The molecule has 2 aromatic rings. The maximum absolute atomic E-state index is 11.6.